The first-order valence-electron chi connectivity index (χ1n) is 4.20. The molecule has 0 unspecified atom stereocenters. The van der Waals surface area contributed by atoms with Gasteiger partial charge < -0.3 is 4.52 Å². The highest BCUT2D eigenvalue weighted by Gasteiger charge is 2.07. The minimum Gasteiger partial charge on any atom is -0.338 e. The molecule has 15 heavy (non-hydrogen) atoms. The fraction of sp³-hybridized carbons (Fsp3) is 0.111. The number of hydrogen-bond acceptors (Lipinski definition) is 5. The summed E-state index contributed by atoms with van der Waals surface area (Å²) in [6.45, 7) is 0. The number of rotatable bonds is 3. The van der Waals surface area contributed by atoms with E-state index in [0.717, 1.165) is 17.5 Å². The van der Waals surface area contributed by atoms with Crippen LogP contribution in [0.5, 0.6) is 0 Å². The van der Waals surface area contributed by atoms with Gasteiger partial charge in [0.05, 0.1) is 5.75 Å². The summed E-state index contributed by atoms with van der Waals surface area (Å²) in [5.74, 6) is 1.59. The summed E-state index contributed by atoms with van der Waals surface area (Å²) in [7, 11) is 0. The second kappa shape index (κ2) is 4.65. The first kappa shape index (κ1) is 10.5. The van der Waals surface area contributed by atoms with E-state index >= 15 is 0 Å². The third-order valence-electron chi connectivity index (χ3n) is 1.78. The van der Waals surface area contributed by atoms with E-state index in [1.165, 1.54) is 0 Å². The Morgan fingerprint density at radius 3 is 2.73 bits per heavy atom. The molecule has 0 saturated heterocycles. The Bertz CT molecular complexity index is 443. The molecule has 2 N–H and O–H groups in total. The zero-order valence-corrected chi connectivity index (χ0v) is 9.26. The van der Waals surface area contributed by atoms with Crippen molar-refractivity contribution in [1.82, 2.24) is 10.1 Å². The van der Waals surface area contributed by atoms with Crippen molar-refractivity contribution in [2.75, 3.05) is 0 Å². The molecule has 6 heteroatoms. The molecule has 0 aliphatic carbocycles. The number of benzene rings is 1. The second-order valence-electron chi connectivity index (χ2n) is 2.83. The van der Waals surface area contributed by atoms with Crippen LogP contribution in [0.3, 0.4) is 0 Å². The van der Waals surface area contributed by atoms with E-state index < -0.39 is 0 Å². The van der Waals surface area contributed by atoms with Crippen LogP contribution in [0.1, 0.15) is 5.89 Å². The lowest BCUT2D eigenvalue weighted by Crippen LogP contribution is -1.85. The SMILES string of the molecule is NSCc1nc(-c2ccc(Cl)cc2)no1. The number of halogens is 1. The van der Waals surface area contributed by atoms with Crippen molar-refractivity contribution < 1.29 is 4.52 Å². The molecule has 0 bridgehead atoms. The van der Waals surface area contributed by atoms with Crippen molar-refractivity contribution in [1.29, 1.82) is 0 Å². The van der Waals surface area contributed by atoms with Crippen molar-refractivity contribution in [2.45, 2.75) is 5.75 Å². The van der Waals surface area contributed by atoms with Crippen LogP contribution in [0, 0.1) is 0 Å². The molecule has 0 spiro atoms. The van der Waals surface area contributed by atoms with Gasteiger partial charge in [0.1, 0.15) is 0 Å². The summed E-state index contributed by atoms with van der Waals surface area (Å²) in [6.07, 6.45) is 0. The molecule has 1 aromatic heterocycles. The molecule has 4 nitrogen and oxygen atoms in total. The Morgan fingerprint density at radius 1 is 1.33 bits per heavy atom. The summed E-state index contributed by atoms with van der Waals surface area (Å²) in [5.41, 5.74) is 0.872. The summed E-state index contributed by atoms with van der Waals surface area (Å²) < 4.78 is 4.99. The van der Waals surface area contributed by atoms with Crippen LogP contribution in [-0.2, 0) is 5.75 Å². The first-order chi connectivity index (χ1) is 7.29. The molecule has 0 amide bonds. The van der Waals surface area contributed by atoms with Gasteiger partial charge in [0, 0.05) is 10.6 Å². The molecule has 78 valence electrons. The average molecular weight is 242 g/mol. The van der Waals surface area contributed by atoms with E-state index in [0.29, 0.717) is 22.5 Å². The Kier molecular flexibility index (Phi) is 3.25. The van der Waals surface area contributed by atoms with Crippen LogP contribution in [0.2, 0.25) is 5.02 Å². The van der Waals surface area contributed by atoms with Gasteiger partial charge in [-0.05, 0) is 24.3 Å². The van der Waals surface area contributed by atoms with Gasteiger partial charge in [0.25, 0.3) is 0 Å². The van der Waals surface area contributed by atoms with Crippen LogP contribution in [0.25, 0.3) is 11.4 Å². The smallest absolute Gasteiger partial charge is 0.238 e. The topological polar surface area (TPSA) is 64.9 Å². The number of aromatic nitrogens is 2. The molecule has 0 aliphatic rings. The zero-order valence-electron chi connectivity index (χ0n) is 7.68. The minimum absolute atomic E-state index is 0.514. The highest BCUT2D eigenvalue weighted by atomic mass is 35.5. The summed E-state index contributed by atoms with van der Waals surface area (Å²) in [5, 5.41) is 9.82. The third kappa shape index (κ3) is 2.50. The van der Waals surface area contributed by atoms with Crippen LogP contribution >= 0.6 is 23.5 Å². The van der Waals surface area contributed by atoms with Gasteiger partial charge in [0.2, 0.25) is 11.7 Å². The highest BCUT2D eigenvalue weighted by molar-refractivity contribution is 7.96. The molecular weight excluding hydrogens is 234 g/mol. The first-order valence-corrected chi connectivity index (χ1v) is 5.62. The maximum Gasteiger partial charge on any atom is 0.238 e. The van der Waals surface area contributed by atoms with Gasteiger partial charge in [-0.15, -0.1) is 0 Å². The van der Waals surface area contributed by atoms with Crippen molar-refractivity contribution in [3.8, 4) is 11.4 Å². The average Bonchev–Trinajstić information content (AvgIpc) is 2.68. The normalized spacial score (nSPS) is 10.5. The Hall–Kier alpha value is -1.04. The van der Waals surface area contributed by atoms with Gasteiger partial charge >= 0.3 is 0 Å². The predicted molar refractivity (Wildman–Crippen MR) is 60.2 cm³/mol. The van der Waals surface area contributed by atoms with Gasteiger partial charge in [-0.3, -0.25) is 5.14 Å². The van der Waals surface area contributed by atoms with Gasteiger partial charge in [0.15, 0.2) is 0 Å². The molecule has 1 heterocycles. The Balaban J connectivity index is 2.25. The number of nitrogens with two attached hydrogens (primary N) is 1. The van der Waals surface area contributed by atoms with Crippen molar-refractivity contribution in [3.63, 3.8) is 0 Å². The van der Waals surface area contributed by atoms with Gasteiger partial charge in [-0.1, -0.05) is 28.7 Å². The van der Waals surface area contributed by atoms with Gasteiger partial charge in [-0.2, -0.15) is 4.98 Å². The Labute approximate surface area is 95.9 Å². The van der Waals surface area contributed by atoms with E-state index in [1.807, 2.05) is 12.1 Å². The van der Waals surface area contributed by atoms with Crippen LogP contribution in [0.4, 0.5) is 0 Å². The molecule has 0 aliphatic heterocycles. The largest absolute Gasteiger partial charge is 0.338 e. The summed E-state index contributed by atoms with van der Waals surface area (Å²) in [6, 6.07) is 7.24. The quantitative estimate of drug-likeness (QED) is 0.837. The van der Waals surface area contributed by atoms with Crippen molar-refractivity contribution in [3.05, 3.63) is 35.2 Å². The molecular formula is C9H8ClN3OS. The molecule has 0 atom stereocenters. The molecule has 2 rings (SSSR count). The lowest BCUT2D eigenvalue weighted by Gasteiger charge is -1.92. The molecule has 0 radical (unpaired) electrons. The number of hydrogen-bond donors (Lipinski definition) is 1. The third-order valence-corrected chi connectivity index (χ3v) is 2.44. The maximum atomic E-state index is 5.77. The summed E-state index contributed by atoms with van der Waals surface area (Å²) in [4.78, 5) is 4.18. The van der Waals surface area contributed by atoms with E-state index in [4.69, 9.17) is 21.3 Å². The monoisotopic (exact) mass is 241 g/mol. The standard InChI is InChI=1S/C9H8ClN3OS/c10-7-3-1-6(2-4-7)9-12-8(5-15-11)14-13-9/h1-4H,5,11H2. The second-order valence-corrected chi connectivity index (χ2v) is 3.89. The lowest BCUT2D eigenvalue weighted by molar-refractivity contribution is 0.391. The Morgan fingerprint density at radius 2 is 2.07 bits per heavy atom. The predicted octanol–water partition coefficient (Wildman–Crippen LogP) is 2.50. The minimum atomic E-state index is 0.514. The van der Waals surface area contributed by atoms with E-state index in [1.54, 1.807) is 12.1 Å². The van der Waals surface area contributed by atoms with Crippen molar-refractivity contribution >= 4 is 23.5 Å². The fourth-order valence-electron chi connectivity index (χ4n) is 1.10. The maximum absolute atomic E-state index is 5.77. The van der Waals surface area contributed by atoms with E-state index in [9.17, 15) is 0 Å². The molecule has 2 aromatic rings. The van der Waals surface area contributed by atoms with Crippen LogP contribution in [-0.4, -0.2) is 10.1 Å². The van der Waals surface area contributed by atoms with Crippen molar-refractivity contribution in [2.24, 2.45) is 5.14 Å². The lowest BCUT2D eigenvalue weighted by atomic mass is 10.2. The molecule has 1 aromatic carbocycles. The zero-order chi connectivity index (χ0) is 10.7. The van der Waals surface area contributed by atoms with Crippen LogP contribution in [0.15, 0.2) is 28.8 Å². The van der Waals surface area contributed by atoms with E-state index in [2.05, 4.69) is 10.1 Å². The summed E-state index contributed by atoms with van der Waals surface area (Å²) >= 11 is 6.92. The molecule has 0 fully saturated rings. The van der Waals surface area contributed by atoms with Crippen LogP contribution < -0.4 is 5.14 Å². The molecule has 0 saturated carbocycles. The van der Waals surface area contributed by atoms with Gasteiger partial charge in [-0.25, -0.2) is 0 Å². The van der Waals surface area contributed by atoms with E-state index in [-0.39, 0.29) is 0 Å². The fourth-order valence-corrected chi connectivity index (χ4v) is 1.49. The highest BCUT2D eigenvalue weighted by Crippen LogP contribution is 2.19. The number of nitrogens with zero attached hydrogens (tertiary/aromatic N) is 2.